The molecule has 1 aliphatic heterocycles. The van der Waals surface area contributed by atoms with Crippen LogP contribution in [0, 0.1) is 5.41 Å². The van der Waals surface area contributed by atoms with Crippen LogP contribution in [0.3, 0.4) is 0 Å². The molecule has 4 heteroatoms. The number of likely N-dealkylation sites (N-methyl/N-ethyl adjacent to an activating group) is 1. The predicted octanol–water partition coefficient (Wildman–Crippen LogP) is 1.59. The summed E-state index contributed by atoms with van der Waals surface area (Å²) in [6.07, 6.45) is 4.84. The molecule has 1 unspecified atom stereocenters. The largest absolute Gasteiger partial charge is 0.347 e. The molecular formula is C14H28N2O2. The molecule has 1 aliphatic carbocycles. The molecule has 2 rings (SSSR count). The SMILES string of the molecule is CN(CC1COC2(CCCC2)O1)CC(C)(C)CN. The Labute approximate surface area is 111 Å². The number of hydrogen-bond donors (Lipinski definition) is 1. The average molecular weight is 256 g/mol. The van der Waals surface area contributed by atoms with E-state index in [1.54, 1.807) is 0 Å². The molecule has 0 aromatic heterocycles. The Kier molecular flexibility index (Phi) is 4.32. The quantitative estimate of drug-likeness (QED) is 0.811. The van der Waals surface area contributed by atoms with Crippen molar-refractivity contribution >= 4 is 0 Å². The van der Waals surface area contributed by atoms with E-state index in [9.17, 15) is 0 Å². The minimum atomic E-state index is -0.227. The van der Waals surface area contributed by atoms with Gasteiger partial charge < -0.3 is 20.1 Å². The number of nitrogens with zero attached hydrogens (tertiary/aromatic N) is 1. The lowest BCUT2D eigenvalue weighted by Gasteiger charge is -2.30. The van der Waals surface area contributed by atoms with Gasteiger partial charge in [-0.3, -0.25) is 0 Å². The normalized spacial score (nSPS) is 27.5. The number of hydrogen-bond acceptors (Lipinski definition) is 4. The Morgan fingerprint density at radius 3 is 2.61 bits per heavy atom. The van der Waals surface area contributed by atoms with Crippen LogP contribution in [0.1, 0.15) is 39.5 Å². The molecule has 2 N–H and O–H groups in total. The zero-order valence-corrected chi connectivity index (χ0v) is 12.1. The predicted molar refractivity (Wildman–Crippen MR) is 72.4 cm³/mol. The molecule has 0 aromatic rings. The Morgan fingerprint density at radius 1 is 1.33 bits per heavy atom. The van der Waals surface area contributed by atoms with E-state index < -0.39 is 0 Å². The molecule has 18 heavy (non-hydrogen) atoms. The summed E-state index contributed by atoms with van der Waals surface area (Å²) >= 11 is 0. The highest BCUT2D eigenvalue weighted by Crippen LogP contribution is 2.39. The number of nitrogens with two attached hydrogens (primary N) is 1. The third-order valence-corrected chi connectivity index (χ3v) is 4.04. The van der Waals surface area contributed by atoms with E-state index in [0.717, 1.165) is 32.5 Å². The summed E-state index contributed by atoms with van der Waals surface area (Å²) < 4.78 is 12.0. The van der Waals surface area contributed by atoms with Gasteiger partial charge in [0, 0.05) is 25.9 Å². The molecule has 1 heterocycles. The summed E-state index contributed by atoms with van der Waals surface area (Å²) in [5, 5.41) is 0. The Balaban J connectivity index is 1.77. The van der Waals surface area contributed by atoms with Gasteiger partial charge in [0.25, 0.3) is 0 Å². The molecule has 106 valence electrons. The molecule has 2 aliphatic rings. The molecule has 1 atom stereocenters. The van der Waals surface area contributed by atoms with Crippen LogP contribution >= 0.6 is 0 Å². The van der Waals surface area contributed by atoms with E-state index in [0.29, 0.717) is 6.54 Å². The highest BCUT2D eigenvalue weighted by Gasteiger charge is 2.43. The van der Waals surface area contributed by atoms with Crippen LogP contribution in [0.15, 0.2) is 0 Å². The summed E-state index contributed by atoms with van der Waals surface area (Å²) in [6, 6.07) is 0. The number of rotatable bonds is 5. The zero-order chi connectivity index (χ0) is 13.2. The van der Waals surface area contributed by atoms with Crippen molar-refractivity contribution in [1.29, 1.82) is 0 Å². The number of ether oxygens (including phenoxy) is 2. The fraction of sp³-hybridized carbons (Fsp3) is 1.00. The minimum Gasteiger partial charge on any atom is -0.347 e. The van der Waals surface area contributed by atoms with Crippen molar-refractivity contribution in [3.8, 4) is 0 Å². The molecule has 1 saturated carbocycles. The summed E-state index contributed by atoms with van der Waals surface area (Å²) in [5.41, 5.74) is 5.94. The average Bonchev–Trinajstić information content (AvgIpc) is 2.89. The van der Waals surface area contributed by atoms with Crippen LogP contribution in [0.2, 0.25) is 0 Å². The molecule has 4 nitrogen and oxygen atoms in total. The molecule has 0 radical (unpaired) electrons. The zero-order valence-electron chi connectivity index (χ0n) is 12.1. The van der Waals surface area contributed by atoms with Crippen molar-refractivity contribution < 1.29 is 9.47 Å². The lowest BCUT2D eigenvalue weighted by molar-refractivity contribution is -0.163. The van der Waals surface area contributed by atoms with Gasteiger partial charge in [-0.05, 0) is 31.8 Å². The van der Waals surface area contributed by atoms with Gasteiger partial charge >= 0.3 is 0 Å². The van der Waals surface area contributed by atoms with Crippen molar-refractivity contribution in [3.63, 3.8) is 0 Å². The highest BCUT2D eigenvalue weighted by atomic mass is 16.7. The Morgan fingerprint density at radius 2 is 2.00 bits per heavy atom. The van der Waals surface area contributed by atoms with E-state index in [4.69, 9.17) is 15.2 Å². The summed E-state index contributed by atoms with van der Waals surface area (Å²) in [7, 11) is 2.14. The van der Waals surface area contributed by atoms with Crippen LogP contribution in [-0.4, -0.2) is 50.1 Å². The van der Waals surface area contributed by atoms with Crippen LogP contribution < -0.4 is 5.73 Å². The van der Waals surface area contributed by atoms with Crippen molar-refractivity contribution in [2.75, 3.05) is 33.3 Å². The molecular weight excluding hydrogens is 228 g/mol. The second kappa shape index (κ2) is 5.45. The maximum Gasteiger partial charge on any atom is 0.168 e. The van der Waals surface area contributed by atoms with Crippen molar-refractivity contribution in [2.24, 2.45) is 11.1 Å². The first-order chi connectivity index (χ1) is 8.45. The lowest BCUT2D eigenvalue weighted by atomic mass is 9.93. The van der Waals surface area contributed by atoms with Gasteiger partial charge in [0.15, 0.2) is 5.79 Å². The molecule has 1 spiro atoms. The molecule has 0 aromatic carbocycles. The summed E-state index contributed by atoms with van der Waals surface area (Å²) in [6.45, 7) is 7.79. The minimum absolute atomic E-state index is 0.166. The maximum absolute atomic E-state index is 6.13. The first-order valence-corrected chi connectivity index (χ1v) is 7.15. The van der Waals surface area contributed by atoms with Gasteiger partial charge in [0.1, 0.15) is 0 Å². The van der Waals surface area contributed by atoms with Gasteiger partial charge in [0.05, 0.1) is 12.7 Å². The van der Waals surface area contributed by atoms with E-state index in [2.05, 4.69) is 25.8 Å². The third kappa shape index (κ3) is 3.44. The van der Waals surface area contributed by atoms with E-state index in [-0.39, 0.29) is 17.3 Å². The highest BCUT2D eigenvalue weighted by molar-refractivity contribution is 4.85. The molecule has 1 saturated heterocycles. The molecule has 0 bridgehead atoms. The fourth-order valence-corrected chi connectivity index (χ4v) is 3.09. The maximum atomic E-state index is 6.13. The standard InChI is InChI=1S/C14H28N2O2/c1-13(2,10-15)11-16(3)8-12-9-17-14(18-12)6-4-5-7-14/h12H,4-11,15H2,1-3H3. The fourth-order valence-electron chi connectivity index (χ4n) is 3.09. The van der Waals surface area contributed by atoms with Crippen LogP contribution in [-0.2, 0) is 9.47 Å². The van der Waals surface area contributed by atoms with Crippen molar-refractivity contribution in [3.05, 3.63) is 0 Å². The van der Waals surface area contributed by atoms with Crippen molar-refractivity contribution in [1.82, 2.24) is 4.90 Å². The van der Waals surface area contributed by atoms with Gasteiger partial charge in [0.2, 0.25) is 0 Å². The Bertz CT molecular complexity index is 275. The third-order valence-electron chi connectivity index (χ3n) is 4.04. The monoisotopic (exact) mass is 256 g/mol. The smallest absolute Gasteiger partial charge is 0.168 e. The first kappa shape index (κ1) is 14.3. The van der Waals surface area contributed by atoms with Gasteiger partial charge in [-0.1, -0.05) is 13.8 Å². The second-order valence-electron chi connectivity index (χ2n) is 6.73. The summed E-state index contributed by atoms with van der Waals surface area (Å²) in [5.74, 6) is -0.227. The van der Waals surface area contributed by atoms with E-state index >= 15 is 0 Å². The molecule has 0 amide bonds. The summed E-state index contributed by atoms with van der Waals surface area (Å²) in [4.78, 5) is 2.31. The van der Waals surface area contributed by atoms with E-state index in [1.807, 2.05) is 0 Å². The van der Waals surface area contributed by atoms with Crippen LogP contribution in [0.5, 0.6) is 0 Å². The lowest BCUT2D eigenvalue weighted by Crippen LogP contribution is -2.41. The molecule has 2 fully saturated rings. The first-order valence-electron chi connectivity index (χ1n) is 7.15. The van der Waals surface area contributed by atoms with Gasteiger partial charge in [-0.15, -0.1) is 0 Å². The van der Waals surface area contributed by atoms with Crippen molar-refractivity contribution in [2.45, 2.75) is 51.4 Å². The van der Waals surface area contributed by atoms with Crippen LogP contribution in [0.25, 0.3) is 0 Å². The van der Waals surface area contributed by atoms with Crippen LogP contribution in [0.4, 0.5) is 0 Å². The van der Waals surface area contributed by atoms with Gasteiger partial charge in [-0.25, -0.2) is 0 Å². The van der Waals surface area contributed by atoms with E-state index in [1.165, 1.54) is 12.8 Å². The Hall–Kier alpha value is -0.160. The second-order valence-corrected chi connectivity index (χ2v) is 6.73. The van der Waals surface area contributed by atoms with Gasteiger partial charge in [-0.2, -0.15) is 0 Å². The topological polar surface area (TPSA) is 47.7 Å².